The van der Waals surface area contributed by atoms with Crippen molar-refractivity contribution in [3.05, 3.63) is 29.8 Å². The molecule has 0 aliphatic carbocycles. The minimum atomic E-state index is 0.110. The Bertz CT molecular complexity index is 482. The van der Waals surface area contributed by atoms with E-state index in [2.05, 4.69) is 55.3 Å². The summed E-state index contributed by atoms with van der Waals surface area (Å²) in [4.78, 5) is 15.4. The molecular formula is C18H28N2O2S. The van der Waals surface area contributed by atoms with Crippen molar-refractivity contribution in [2.75, 3.05) is 31.9 Å². The van der Waals surface area contributed by atoms with Crippen LogP contribution in [0.15, 0.2) is 29.2 Å². The number of carbonyl (C=O) groups excluding carboxylic acids is 1. The molecule has 2 rings (SSSR count). The van der Waals surface area contributed by atoms with Gasteiger partial charge in [-0.05, 0) is 39.3 Å². The Kier molecular flexibility index (Phi) is 7.40. The van der Waals surface area contributed by atoms with Gasteiger partial charge in [0, 0.05) is 31.1 Å². The lowest BCUT2D eigenvalue weighted by Gasteiger charge is -2.35. The Morgan fingerprint density at radius 3 is 2.57 bits per heavy atom. The van der Waals surface area contributed by atoms with Crippen molar-refractivity contribution < 1.29 is 9.53 Å². The SMILES string of the molecule is Cc1ccc(SCC(=O)NCCCN2CC(C)OC(C)C2)cc1. The van der Waals surface area contributed by atoms with Gasteiger partial charge in [0.1, 0.15) is 0 Å². The summed E-state index contributed by atoms with van der Waals surface area (Å²) in [7, 11) is 0. The average molecular weight is 337 g/mol. The molecule has 0 saturated carbocycles. The van der Waals surface area contributed by atoms with Crippen molar-refractivity contribution in [3.8, 4) is 0 Å². The van der Waals surface area contributed by atoms with Crippen LogP contribution in [0, 0.1) is 6.92 Å². The van der Waals surface area contributed by atoms with Crippen molar-refractivity contribution in [1.82, 2.24) is 10.2 Å². The second-order valence-electron chi connectivity index (χ2n) is 6.32. The van der Waals surface area contributed by atoms with Crippen LogP contribution in [0.3, 0.4) is 0 Å². The summed E-state index contributed by atoms with van der Waals surface area (Å²) in [5, 5.41) is 3.01. The molecule has 0 bridgehead atoms. The lowest BCUT2D eigenvalue weighted by Crippen LogP contribution is -2.46. The molecule has 1 saturated heterocycles. The molecule has 23 heavy (non-hydrogen) atoms. The number of thioether (sulfide) groups is 1. The predicted molar refractivity (Wildman–Crippen MR) is 96.0 cm³/mol. The third-order valence-corrected chi connectivity index (χ3v) is 4.87. The standard InChI is InChI=1S/C18H28N2O2S/c1-14-5-7-17(8-6-14)23-13-18(21)19-9-4-10-20-11-15(2)22-16(3)12-20/h5-8,15-16H,4,9-13H2,1-3H3,(H,19,21). The second kappa shape index (κ2) is 9.30. The number of nitrogens with zero attached hydrogens (tertiary/aromatic N) is 1. The Hall–Kier alpha value is -1.04. The highest BCUT2D eigenvalue weighted by molar-refractivity contribution is 8.00. The zero-order valence-corrected chi connectivity index (χ0v) is 15.2. The minimum absolute atomic E-state index is 0.110. The first kappa shape index (κ1) is 18.3. The third-order valence-electron chi connectivity index (χ3n) is 3.86. The lowest BCUT2D eigenvalue weighted by molar-refractivity contribution is -0.118. The number of carbonyl (C=O) groups is 1. The van der Waals surface area contributed by atoms with Crippen LogP contribution in [-0.4, -0.2) is 54.9 Å². The fourth-order valence-corrected chi connectivity index (χ4v) is 3.56. The van der Waals surface area contributed by atoms with Crippen molar-refractivity contribution in [3.63, 3.8) is 0 Å². The zero-order valence-electron chi connectivity index (χ0n) is 14.4. The molecule has 1 aromatic rings. The summed E-state index contributed by atoms with van der Waals surface area (Å²) in [6.45, 7) is 10.0. The van der Waals surface area contributed by atoms with Crippen LogP contribution < -0.4 is 5.32 Å². The number of ether oxygens (including phenoxy) is 1. The van der Waals surface area contributed by atoms with Gasteiger partial charge < -0.3 is 10.1 Å². The van der Waals surface area contributed by atoms with E-state index in [9.17, 15) is 4.79 Å². The Morgan fingerprint density at radius 2 is 1.91 bits per heavy atom. The maximum absolute atomic E-state index is 11.9. The minimum Gasteiger partial charge on any atom is -0.373 e. The maximum Gasteiger partial charge on any atom is 0.230 e. The molecular weight excluding hydrogens is 308 g/mol. The Balaban J connectivity index is 1.57. The van der Waals surface area contributed by atoms with Crippen molar-refractivity contribution >= 4 is 17.7 Å². The number of hydrogen-bond donors (Lipinski definition) is 1. The highest BCUT2D eigenvalue weighted by Crippen LogP contribution is 2.17. The number of amides is 1. The van der Waals surface area contributed by atoms with E-state index in [0.717, 1.165) is 37.5 Å². The number of benzene rings is 1. The molecule has 1 aliphatic heterocycles. The third kappa shape index (κ3) is 6.94. The van der Waals surface area contributed by atoms with Crippen LogP contribution in [0.4, 0.5) is 0 Å². The van der Waals surface area contributed by atoms with E-state index in [1.165, 1.54) is 5.56 Å². The van der Waals surface area contributed by atoms with Crippen LogP contribution in [0.5, 0.6) is 0 Å². The molecule has 0 spiro atoms. The lowest BCUT2D eigenvalue weighted by atomic mass is 10.2. The zero-order chi connectivity index (χ0) is 16.7. The van der Waals surface area contributed by atoms with Crippen LogP contribution in [0.2, 0.25) is 0 Å². The maximum atomic E-state index is 11.9. The van der Waals surface area contributed by atoms with E-state index < -0.39 is 0 Å². The first-order chi connectivity index (χ1) is 11.0. The summed E-state index contributed by atoms with van der Waals surface area (Å²) in [6.07, 6.45) is 1.60. The molecule has 2 unspecified atom stereocenters. The largest absolute Gasteiger partial charge is 0.373 e. The van der Waals surface area contributed by atoms with Gasteiger partial charge >= 0.3 is 0 Å². The quantitative estimate of drug-likeness (QED) is 0.614. The highest BCUT2D eigenvalue weighted by Gasteiger charge is 2.21. The molecule has 1 N–H and O–H groups in total. The Morgan fingerprint density at radius 1 is 1.26 bits per heavy atom. The Labute approximate surface area is 144 Å². The molecule has 5 heteroatoms. The molecule has 0 radical (unpaired) electrons. The van der Waals surface area contributed by atoms with Gasteiger partial charge in [0.25, 0.3) is 0 Å². The predicted octanol–water partition coefficient (Wildman–Crippen LogP) is 2.70. The van der Waals surface area contributed by atoms with Gasteiger partial charge in [-0.1, -0.05) is 17.7 Å². The van der Waals surface area contributed by atoms with Crippen LogP contribution >= 0.6 is 11.8 Å². The molecule has 1 aliphatic rings. The van der Waals surface area contributed by atoms with Gasteiger partial charge in [-0.15, -0.1) is 11.8 Å². The number of aryl methyl sites for hydroxylation is 1. The first-order valence-electron chi connectivity index (χ1n) is 8.37. The van der Waals surface area contributed by atoms with E-state index in [4.69, 9.17) is 4.74 Å². The first-order valence-corrected chi connectivity index (χ1v) is 9.35. The fraction of sp³-hybridized carbons (Fsp3) is 0.611. The molecule has 0 aromatic heterocycles. The average Bonchev–Trinajstić information content (AvgIpc) is 2.50. The second-order valence-corrected chi connectivity index (χ2v) is 7.37. The van der Waals surface area contributed by atoms with E-state index in [1.54, 1.807) is 11.8 Å². The summed E-state index contributed by atoms with van der Waals surface area (Å²) < 4.78 is 5.73. The van der Waals surface area contributed by atoms with Crippen LogP contribution in [0.25, 0.3) is 0 Å². The normalized spacial score (nSPS) is 22.0. The van der Waals surface area contributed by atoms with E-state index in [-0.39, 0.29) is 5.91 Å². The van der Waals surface area contributed by atoms with Crippen LogP contribution in [-0.2, 0) is 9.53 Å². The molecule has 2 atom stereocenters. The van der Waals surface area contributed by atoms with Crippen molar-refractivity contribution in [2.45, 2.75) is 44.3 Å². The van der Waals surface area contributed by atoms with Gasteiger partial charge in [0.15, 0.2) is 0 Å². The number of nitrogens with one attached hydrogen (secondary N) is 1. The summed E-state index contributed by atoms with van der Waals surface area (Å²) in [5.41, 5.74) is 1.24. The highest BCUT2D eigenvalue weighted by atomic mass is 32.2. The summed E-state index contributed by atoms with van der Waals surface area (Å²) in [5.74, 6) is 0.591. The van der Waals surface area contributed by atoms with Gasteiger partial charge in [-0.2, -0.15) is 0 Å². The fourth-order valence-electron chi connectivity index (χ4n) is 2.83. The van der Waals surface area contributed by atoms with Gasteiger partial charge in [-0.3, -0.25) is 9.69 Å². The van der Waals surface area contributed by atoms with E-state index >= 15 is 0 Å². The molecule has 1 amide bonds. The molecule has 1 heterocycles. The topological polar surface area (TPSA) is 41.6 Å². The number of hydrogen-bond acceptors (Lipinski definition) is 4. The van der Waals surface area contributed by atoms with E-state index in [0.29, 0.717) is 18.0 Å². The van der Waals surface area contributed by atoms with Gasteiger partial charge in [-0.25, -0.2) is 0 Å². The van der Waals surface area contributed by atoms with Crippen LogP contribution in [0.1, 0.15) is 25.8 Å². The van der Waals surface area contributed by atoms with Crippen molar-refractivity contribution in [1.29, 1.82) is 0 Å². The summed E-state index contributed by atoms with van der Waals surface area (Å²) >= 11 is 1.58. The van der Waals surface area contributed by atoms with Gasteiger partial charge in [0.2, 0.25) is 5.91 Å². The summed E-state index contributed by atoms with van der Waals surface area (Å²) in [6, 6.07) is 8.27. The monoisotopic (exact) mass is 336 g/mol. The molecule has 1 aromatic carbocycles. The molecule has 4 nitrogen and oxygen atoms in total. The van der Waals surface area contributed by atoms with Gasteiger partial charge in [0.05, 0.1) is 18.0 Å². The van der Waals surface area contributed by atoms with E-state index in [1.807, 2.05) is 0 Å². The van der Waals surface area contributed by atoms with Crippen molar-refractivity contribution in [2.24, 2.45) is 0 Å². The number of morpholine rings is 1. The molecule has 1 fully saturated rings. The number of rotatable bonds is 7. The molecule has 128 valence electrons. The smallest absolute Gasteiger partial charge is 0.230 e.